The Morgan fingerprint density at radius 3 is 2.58 bits per heavy atom. The Kier molecular flexibility index (Phi) is 8.71. The molecule has 9 nitrogen and oxygen atoms in total. The van der Waals surface area contributed by atoms with Gasteiger partial charge < -0.3 is 23.8 Å². The van der Waals surface area contributed by atoms with Gasteiger partial charge in [0, 0.05) is 25.3 Å². The molecule has 10 heteroatoms. The number of morpholine rings is 1. The molecular weight excluding hydrogens is 482 g/mol. The highest BCUT2D eigenvalue weighted by Crippen LogP contribution is 2.28. The van der Waals surface area contributed by atoms with Crippen molar-refractivity contribution in [1.29, 1.82) is 0 Å². The zero-order valence-electron chi connectivity index (χ0n) is 20.8. The highest BCUT2D eigenvalue weighted by molar-refractivity contribution is 7.99. The second kappa shape index (κ2) is 12.1. The molecule has 0 saturated carbocycles. The number of nitrogens with zero attached hydrogens (tertiary/aromatic N) is 3. The van der Waals surface area contributed by atoms with Crippen LogP contribution in [-0.4, -0.2) is 68.4 Å². The second-order valence-electron chi connectivity index (χ2n) is 8.19. The zero-order chi connectivity index (χ0) is 25.5. The van der Waals surface area contributed by atoms with Crippen LogP contribution in [0.5, 0.6) is 11.5 Å². The second-order valence-corrected chi connectivity index (χ2v) is 9.13. The molecule has 3 aromatic rings. The average Bonchev–Trinajstić information content (AvgIpc) is 2.91. The number of carbonyl (C=O) groups is 1. The molecule has 1 aliphatic rings. The predicted octanol–water partition coefficient (Wildman–Crippen LogP) is 3.15. The SMILES string of the molecule is CCOC(=O)CSc1nc2ccc(N3CCOCC3)cc2c(=O)n1CCc1ccc(OC)c(OC)c1. The fraction of sp³-hybridized carbons (Fsp3) is 0.423. The maximum absolute atomic E-state index is 13.7. The lowest BCUT2D eigenvalue weighted by atomic mass is 10.1. The summed E-state index contributed by atoms with van der Waals surface area (Å²) in [6, 6.07) is 11.5. The van der Waals surface area contributed by atoms with Gasteiger partial charge in [-0.15, -0.1) is 0 Å². The minimum Gasteiger partial charge on any atom is -0.493 e. The fourth-order valence-corrected chi connectivity index (χ4v) is 4.94. The highest BCUT2D eigenvalue weighted by atomic mass is 32.2. The molecule has 2 heterocycles. The van der Waals surface area contributed by atoms with Crippen molar-refractivity contribution in [2.45, 2.75) is 25.0 Å². The number of benzene rings is 2. The normalized spacial score (nSPS) is 13.6. The van der Waals surface area contributed by atoms with Crippen LogP contribution in [0.15, 0.2) is 46.3 Å². The fourth-order valence-electron chi connectivity index (χ4n) is 4.12. The molecule has 2 aromatic carbocycles. The van der Waals surface area contributed by atoms with Crippen LogP contribution in [0.4, 0.5) is 5.69 Å². The maximum Gasteiger partial charge on any atom is 0.316 e. The number of ether oxygens (including phenoxy) is 4. The number of hydrogen-bond acceptors (Lipinski definition) is 9. The van der Waals surface area contributed by atoms with Gasteiger partial charge in [-0.25, -0.2) is 4.98 Å². The first-order valence-electron chi connectivity index (χ1n) is 11.9. The van der Waals surface area contributed by atoms with Crippen molar-refractivity contribution >= 4 is 34.3 Å². The van der Waals surface area contributed by atoms with E-state index in [0.29, 0.717) is 60.3 Å². The quantitative estimate of drug-likeness (QED) is 0.230. The van der Waals surface area contributed by atoms with Gasteiger partial charge in [0.05, 0.1) is 50.7 Å². The van der Waals surface area contributed by atoms with Gasteiger partial charge in [-0.2, -0.15) is 0 Å². The molecule has 0 bridgehead atoms. The summed E-state index contributed by atoms with van der Waals surface area (Å²) in [5.41, 5.74) is 2.43. The van der Waals surface area contributed by atoms with E-state index in [4.69, 9.17) is 23.9 Å². The van der Waals surface area contributed by atoms with Gasteiger partial charge in [-0.3, -0.25) is 14.2 Å². The maximum atomic E-state index is 13.7. The Hall–Kier alpha value is -3.24. The van der Waals surface area contributed by atoms with Crippen LogP contribution in [0.25, 0.3) is 10.9 Å². The third-order valence-corrected chi connectivity index (χ3v) is 6.93. The Balaban J connectivity index is 1.68. The first kappa shape index (κ1) is 25.8. The predicted molar refractivity (Wildman–Crippen MR) is 140 cm³/mol. The molecule has 0 unspecified atom stereocenters. The van der Waals surface area contributed by atoms with Crippen molar-refractivity contribution in [1.82, 2.24) is 9.55 Å². The third kappa shape index (κ3) is 5.93. The Labute approximate surface area is 214 Å². The van der Waals surface area contributed by atoms with Gasteiger partial charge in [-0.1, -0.05) is 17.8 Å². The number of fused-ring (bicyclic) bond motifs is 1. The van der Waals surface area contributed by atoms with Crippen molar-refractivity contribution < 1.29 is 23.7 Å². The number of methoxy groups -OCH3 is 2. The van der Waals surface area contributed by atoms with E-state index in [1.54, 1.807) is 25.7 Å². The molecule has 192 valence electrons. The summed E-state index contributed by atoms with van der Waals surface area (Å²) in [7, 11) is 3.19. The van der Waals surface area contributed by atoms with E-state index in [-0.39, 0.29) is 17.3 Å². The minimum atomic E-state index is -0.342. The summed E-state index contributed by atoms with van der Waals surface area (Å²) in [5.74, 6) is 1.01. The van der Waals surface area contributed by atoms with Gasteiger partial charge in [0.25, 0.3) is 5.56 Å². The zero-order valence-corrected chi connectivity index (χ0v) is 21.6. The van der Waals surface area contributed by atoms with E-state index in [1.165, 1.54) is 11.8 Å². The Morgan fingerprint density at radius 1 is 1.08 bits per heavy atom. The molecule has 1 aromatic heterocycles. The number of anilines is 1. The third-order valence-electron chi connectivity index (χ3n) is 5.98. The topological polar surface area (TPSA) is 92.1 Å². The van der Waals surface area contributed by atoms with Crippen LogP contribution in [0.1, 0.15) is 12.5 Å². The molecular formula is C26H31N3O6S. The number of thioether (sulfide) groups is 1. The lowest BCUT2D eigenvalue weighted by Gasteiger charge is -2.29. The lowest BCUT2D eigenvalue weighted by Crippen LogP contribution is -2.36. The molecule has 0 radical (unpaired) electrons. The number of esters is 1. The number of aromatic nitrogens is 2. The minimum absolute atomic E-state index is 0.0774. The smallest absolute Gasteiger partial charge is 0.316 e. The van der Waals surface area contributed by atoms with Crippen molar-refractivity contribution in [3.63, 3.8) is 0 Å². The number of carbonyl (C=O) groups excluding carboxylic acids is 1. The van der Waals surface area contributed by atoms with Crippen LogP contribution in [0.2, 0.25) is 0 Å². The van der Waals surface area contributed by atoms with Gasteiger partial charge in [-0.05, 0) is 49.2 Å². The van der Waals surface area contributed by atoms with Gasteiger partial charge in [0.1, 0.15) is 0 Å². The molecule has 36 heavy (non-hydrogen) atoms. The summed E-state index contributed by atoms with van der Waals surface area (Å²) < 4.78 is 22.9. The molecule has 0 atom stereocenters. The van der Waals surface area contributed by atoms with E-state index < -0.39 is 0 Å². The molecule has 0 amide bonds. The van der Waals surface area contributed by atoms with Gasteiger partial charge in [0.2, 0.25) is 0 Å². The first-order valence-corrected chi connectivity index (χ1v) is 12.9. The van der Waals surface area contributed by atoms with E-state index in [0.717, 1.165) is 24.3 Å². The molecule has 1 saturated heterocycles. The van der Waals surface area contributed by atoms with Gasteiger partial charge in [0.15, 0.2) is 16.7 Å². The highest BCUT2D eigenvalue weighted by Gasteiger charge is 2.17. The first-order chi connectivity index (χ1) is 17.5. The van der Waals surface area contributed by atoms with E-state index >= 15 is 0 Å². The average molecular weight is 514 g/mol. The largest absolute Gasteiger partial charge is 0.493 e. The standard InChI is InChI=1S/C26H31N3O6S/c1-4-35-24(30)17-36-26-27-21-7-6-19(28-11-13-34-14-12-28)16-20(21)25(31)29(26)10-9-18-5-8-22(32-2)23(15-18)33-3/h5-8,15-16H,4,9-14,17H2,1-3H3. The summed E-state index contributed by atoms with van der Waals surface area (Å²) >= 11 is 1.21. The summed E-state index contributed by atoms with van der Waals surface area (Å²) in [6.45, 7) is 5.34. The molecule has 1 fully saturated rings. The van der Waals surface area contributed by atoms with Crippen LogP contribution in [0.3, 0.4) is 0 Å². The monoisotopic (exact) mass is 513 g/mol. The van der Waals surface area contributed by atoms with Crippen molar-refractivity contribution in [2.24, 2.45) is 0 Å². The summed E-state index contributed by atoms with van der Waals surface area (Å²) in [6.07, 6.45) is 0.573. The molecule has 1 aliphatic heterocycles. The number of hydrogen-bond donors (Lipinski definition) is 0. The van der Waals surface area contributed by atoms with Crippen LogP contribution >= 0.6 is 11.8 Å². The van der Waals surface area contributed by atoms with E-state index in [1.807, 2.05) is 36.4 Å². The number of aryl methyl sites for hydroxylation is 1. The van der Waals surface area contributed by atoms with Crippen LogP contribution in [0, 0.1) is 0 Å². The van der Waals surface area contributed by atoms with Crippen LogP contribution < -0.4 is 19.9 Å². The summed E-state index contributed by atoms with van der Waals surface area (Å²) in [4.78, 5) is 32.7. The van der Waals surface area contributed by atoms with Crippen molar-refractivity contribution in [3.05, 3.63) is 52.3 Å². The number of rotatable bonds is 10. The summed E-state index contributed by atoms with van der Waals surface area (Å²) in [5, 5.41) is 1.03. The van der Waals surface area contributed by atoms with Gasteiger partial charge >= 0.3 is 5.97 Å². The Bertz CT molecular complexity index is 1270. The lowest BCUT2D eigenvalue weighted by molar-refractivity contribution is -0.139. The molecule has 0 N–H and O–H groups in total. The van der Waals surface area contributed by atoms with Crippen LogP contribution in [-0.2, 0) is 27.2 Å². The molecule has 0 aliphatic carbocycles. The van der Waals surface area contributed by atoms with E-state index in [9.17, 15) is 9.59 Å². The van der Waals surface area contributed by atoms with Crippen molar-refractivity contribution in [2.75, 3.05) is 57.8 Å². The molecule has 4 rings (SSSR count). The molecule has 0 spiro atoms. The Morgan fingerprint density at radius 2 is 1.86 bits per heavy atom. The van der Waals surface area contributed by atoms with Crippen molar-refractivity contribution in [3.8, 4) is 11.5 Å². The van der Waals surface area contributed by atoms with E-state index in [2.05, 4.69) is 4.90 Å².